The maximum atomic E-state index is 15.7. The van der Waals surface area contributed by atoms with Gasteiger partial charge in [-0.3, -0.25) is 0 Å². The van der Waals surface area contributed by atoms with Crippen LogP contribution in [0.25, 0.3) is 21.6 Å². The zero-order valence-electron chi connectivity index (χ0n) is 15.2. The Hall–Kier alpha value is -2.76. The van der Waals surface area contributed by atoms with Gasteiger partial charge in [0, 0.05) is 29.3 Å². The van der Waals surface area contributed by atoms with Crippen molar-refractivity contribution in [1.29, 1.82) is 0 Å². The van der Waals surface area contributed by atoms with E-state index < -0.39 is 11.7 Å². The molecule has 1 saturated heterocycles. The van der Waals surface area contributed by atoms with Crippen LogP contribution < -0.4 is 10.6 Å². The van der Waals surface area contributed by atoms with Crippen molar-refractivity contribution in [3.8, 4) is 11.1 Å². The Morgan fingerprint density at radius 2 is 2.22 bits per heavy atom. The third kappa shape index (κ3) is 3.09. The van der Waals surface area contributed by atoms with Gasteiger partial charge < -0.3 is 15.4 Å². The molecule has 4 rings (SSSR count). The van der Waals surface area contributed by atoms with Crippen LogP contribution in [-0.4, -0.2) is 38.0 Å². The van der Waals surface area contributed by atoms with Gasteiger partial charge in [-0.05, 0) is 52.9 Å². The van der Waals surface area contributed by atoms with Gasteiger partial charge in [-0.25, -0.2) is 4.39 Å². The van der Waals surface area contributed by atoms with Gasteiger partial charge in [0.25, 0.3) is 0 Å². The van der Waals surface area contributed by atoms with E-state index in [1.807, 2.05) is 30.3 Å². The Bertz CT molecular complexity index is 927. The Labute approximate surface area is 157 Å². The van der Waals surface area contributed by atoms with Crippen LogP contribution in [0.2, 0.25) is 0 Å². The minimum absolute atomic E-state index is 0.191. The van der Waals surface area contributed by atoms with Gasteiger partial charge in [0.15, 0.2) is 0 Å². The number of alkyl halides is 1. The summed E-state index contributed by atoms with van der Waals surface area (Å²) in [7, 11) is 0. The van der Waals surface area contributed by atoms with Gasteiger partial charge >= 0.3 is 0 Å². The first kappa shape index (κ1) is 17.6. The number of halogens is 1. The second-order valence-corrected chi connectivity index (χ2v) is 7.30. The number of ether oxygens (including phenoxy) is 1. The molecule has 2 aliphatic rings. The fourth-order valence-corrected chi connectivity index (χ4v) is 4.16. The molecule has 140 valence electrons. The number of anilines is 2. The normalized spacial score (nSPS) is 23.9. The number of hydrogen-bond donors (Lipinski definition) is 1. The third-order valence-corrected chi connectivity index (χ3v) is 5.57. The Morgan fingerprint density at radius 1 is 1.37 bits per heavy atom. The van der Waals surface area contributed by atoms with E-state index in [2.05, 4.69) is 27.9 Å². The predicted molar refractivity (Wildman–Crippen MR) is 105 cm³/mol. The molecule has 2 aromatic carbocycles. The number of morpholine rings is 1. The number of benzene rings is 2. The average molecular weight is 367 g/mol. The number of nitrogen functional groups attached to an aromatic ring is 1. The fourth-order valence-electron chi connectivity index (χ4n) is 4.16. The first-order chi connectivity index (χ1) is 13.0. The summed E-state index contributed by atoms with van der Waals surface area (Å²) in [6.07, 6.45) is 0.210. The van der Waals surface area contributed by atoms with Gasteiger partial charge in [-0.2, -0.15) is 0 Å². The lowest BCUT2D eigenvalue weighted by molar-refractivity contribution is 0.0181. The van der Waals surface area contributed by atoms with E-state index in [0.29, 0.717) is 19.8 Å². The SMILES string of the molecule is Cc1ccc(N)cc1-c1ccc2c(c1)N1CCOCC1C(F)(CN=[N+]=[N-])C2. The van der Waals surface area contributed by atoms with Crippen molar-refractivity contribution in [2.45, 2.75) is 25.1 Å². The largest absolute Gasteiger partial charge is 0.399 e. The molecule has 2 aliphatic heterocycles. The maximum Gasteiger partial charge on any atom is 0.143 e. The highest BCUT2D eigenvalue weighted by Crippen LogP contribution is 2.42. The Balaban J connectivity index is 1.79. The lowest BCUT2D eigenvalue weighted by Gasteiger charge is -2.49. The first-order valence-corrected chi connectivity index (χ1v) is 9.05. The van der Waals surface area contributed by atoms with Crippen LogP contribution in [0.4, 0.5) is 15.8 Å². The van der Waals surface area contributed by atoms with Crippen LogP contribution in [0.5, 0.6) is 0 Å². The number of nitrogens with zero attached hydrogens (tertiary/aromatic N) is 4. The highest BCUT2D eigenvalue weighted by atomic mass is 19.1. The zero-order valence-corrected chi connectivity index (χ0v) is 15.2. The molecule has 27 heavy (non-hydrogen) atoms. The molecule has 7 heteroatoms. The second-order valence-electron chi connectivity index (χ2n) is 7.30. The Morgan fingerprint density at radius 3 is 3.04 bits per heavy atom. The standard InChI is InChI=1S/C20H22FN5O/c1-13-2-5-16(22)9-17(13)14-3-4-15-10-20(21,12-24-25-23)19-11-27-7-6-26(19)18(15)8-14/h2-5,8-9,19H,6-7,10-12,22H2,1H3. The monoisotopic (exact) mass is 367 g/mol. The van der Waals surface area contributed by atoms with Crippen LogP contribution in [0.3, 0.4) is 0 Å². The third-order valence-electron chi connectivity index (χ3n) is 5.57. The molecule has 2 aromatic rings. The van der Waals surface area contributed by atoms with E-state index in [-0.39, 0.29) is 13.0 Å². The average Bonchev–Trinajstić information content (AvgIpc) is 2.68. The van der Waals surface area contributed by atoms with Gasteiger partial charge in [-0.15, -0.1) is 0 Å². The predicted octanol–water partition coefficient (Wildman–Crippen LogP) is 4.02. The number of fused-ring (bicyclic) bond motifs is 3. The van der Waals surface area contributed by atoms with Crippen LogP contribution in [0.15, 0.2) is 41.5 Å². The van der Waals surface area contributed by atoms with Crippen molar-refractivity contribution in [1.82, 2.24) is 0 Å². The molecular weight excluding hydrogens is 345 g/mol. The van der Waals surface area contributed by atoms with Crippen molar-refractivity contribution in [3.05, 3.63) is 58.0 Å². The summed E-state index contributed by atoms with van der Waals surface area (Å²) in [6, 6.07) is 11.5. The molecule has 0 aliphatic carbocycles. The summed E-state index contributed by atoms with van der Waals surface area (Å²) in [5.41, 5.74) is 18.9. The fraction of sp³-hybridized carbons (Fsp3) is 0.400. The molecule has 0 saturated carbocycles. The van der Waals surface area contributed by atoms with Crippen molar-refractivity contribution in [2.75, 3.05) is 36.9 Å². The van der Waals surface area contributed by atoms with Crippen molar-refractivity contribution < 1.29 is 9.13 Å². The maximum absolute atomic E-state index is 15.7. The number of nitrogens with two attached hydrogens (primary N) is 1. The molecule has 1 fully saturated rings. The van der Waals surface area contributed by atoms with Gasteiger partial charge in [0.2, 0.25) is 0 Å². The summed E-state index contributed by atoms with van der Waals surface area (Å²) in [4.78, 5) is 4.82. The molecule has 2 N–H and O–H groups in total. The zero-order chi connectivity index (χ0) is 19.0. The van der Waals surface area contributed by atoms with Crippen LogP contribution in [-0.2, 0) is 11.2 Å². The van der Waals surface area contributed by atoms with E-state index in [0.717, 1.165) is 33.6 Å². The minimum Gasteiger partial charge on any atom is -0.399 e. The van der Waals surface area contributed by atoms with E-state index in [1.54, 1.807) is 0 Å². The van der Waals surface area contributed by atoms with Gasteiger partial charge in [0.1, 0.15) is 5.67 Å². The molecule has 2 unspecified atom stereocenters. The van der Waals surface area contributed by atoms with E-state index >= 15 is 4.39 Å². The molecule has 0 bridgehead atoms. The molecule has 0 spiro atoms. The summed E-state index contributed by atoms with van der Waals surface area (Å²) in [6.45, 7) is 3.31. The lowest BCUT2D eigenvalue weighted by atomic mass is 9.81. The Kier molecular flexibility index (Phi) is 4.42. The molecule has 0 aromatic heterocycles. The summed E-state index contributed by atoms with van der Waals surface area (Å²) in [5, 5.41) is 3.53. The quantitative estimate of drug-likeness (QED) is 0.385. The van der Waals surface area contributed by atoms with E-state index in [1.165, 1.54) is 0 Å². The molecular formula is C20H22FN5O. The smallest absolute Gasteiger partial charge is 0.143 e. The van der Waals surface area contributed by atoms with Crippen LogP contribution >= 0.6 is 0 Å². The summed E-state index contributed by atoms with van der Waals surface area (Å²) < 4.78 is 21.3. The van der Waals surface area contributed by atoms with Crippen molar-refractivity contribution in [3.63, 3.8) is 0 Å². The number of rotatable bonds is 3. The molecule has 6 nitrogen and oxygen atoms in total. The van der Waals surface area contributed by atoms with Crippen molar-refractivity contribution >= 4 is 11.4 Å². The van der Waals surface area contributed by atoms with Crippen LogP contribution in [0, 0.1) is 6.92 Å². The van der Waals surface area contributed by atoms with E-state index in [4.69, 9.17) is 16.0 Å². The van der Waals surface area contributed by atoms with Gasteiger partial charge in [0.05, 0.1) is 25.8 Å². The second kappa shape index (κ2) is 6.76. The van der Waals surface area contributed by atoms with E-state index in [9.17, 15) is 0 Å². The van der Waals surface area contributed by atoms with Crippen LogP contribution in [0.1, 0.15) is 11.1 Å². The summed E-state index contributed by atoms with van der Waals surface area (Å²) >= 11 is 0. The number of azide groups is 1. The highest BCUT2D eigenvalue weighted by Gasteiger charge is 2.48. The molecule has 0 amide bonds. The van der Waals surface area contributed by atoms with Crippen molar-refractivity contribution in [2.24, 2.45) is 5.11 Å². The molecule has 2 heterocycles. The molecule has 2 atom stereocenters. The molecule has 0 radical (unpaired) electrons. The lowest BCUT2D eigenvalue weighted by Crippen LogP contribution is -2.61. The minimum atomic E-state index is -1.63. The highest BCUT2D eigenvalue weighted by molar-refractivity contribution is 5.76. The first-order valence-electron chi connectivity index (χ1n) is 9.05. The number of aryl methyl sites for hydroxylation is 1. The topological polar surface area (TPSA) is 87.2 Å². The summed E-state index contributed by atoms with van der Waals surface area (Å²) in [5.74, 6) is 0. The number of hydrogen-bond acceptors (Lipinski definition) is 4. The van der Waals surface area contributed by atoms with Gasteiger partial charge in [-0.1, -0.05) is 23.3 Å².